The third-order valence-electron chi connectivity index (χ3n) is 5.90. The van der Waals surface area contributed by atoms with Gasteiger partial charge in [-0.05, 0) is 30.0 Å². The average molecular weight is 346 g/mol. The summed E-state index contributed by atoms with van der Waals surface area (Å²) in [6, 6.07) is 19.0. The van der Waals surface area contributed by atoms with Gasteiger partial charge in [-0.1, -0.05) is 61.4 Å². The van der Waals surface area contributed by atoms with Crippen LogP contribution in [-0.2, 0) is 23.7 Å². The van der Waals surface area contributed by atoms with E-state index in [1.54, 1.807) is 0 Å². The van der Waals surface area contributed by atoms with E-state index in [4.69, 9.17) is 0 Å². The fourth-order valence-corrected chi connectivity index (χ4v) is 4.48. The van der Waals surface area contributed by atoms with Crippen molar-refractivity contribution >= 4 is 16.8 Å². The van der Waals surface area contributed by atoms with Crippen LogP contribution in [0.25, 0.3) is 10.9 Å². The van der Waals surface area contributed by atoms with E-state index < -0.39 is 0 Å². The van der Waals surface area contributed by atoms with E-state index in [1.165, 1.54) is 29.3 Å². The molecule has 0 unspecified atom stereocenters. The molecular weight excluding hydrogens is 320 g/mol. The monoisotopic (exact) mass is 346 g/mol. The highest BCUT2D eigenvalue weighted by Crippen LogP contribution is 2.40. The quantitative estimate of drug-likeness (QED) is 0.732. The number of aryl methyl sites for hydroxylation is 1. The number of fused-ring (bicyclic) bond motifs is 1. The van der Waals surface area contributed by atoms with Crippen LogP contribution in [0.15, 0.2) is 60.8 Å². The Hall–Kier alpha value is -2.55. The molecule has 3 aromatic rings. The summed E-state index contributed by atoms with van der Waals surface area (Å²) in [4.78, 5) is 12.7. The van der Waals surface area contributed by atoms with E-state index >= 15 is 0 Å². The highest BCUT2D eigenvalue weighted by atomic mass is 16.1. The molecule has 26 heavy (non-hydrogen) atoms. The Kier molecular flexibility index (Phi) is 4.54. The molecule has 1 amide bonds. The lowest BCUT2D eigenvalue weighted by molar-refractivity contribution is -0.120. The third kappa shape index (κ3) is 3.14. The number of carbonyl (C=O) groups excluding carboxylic acids is 1. The maximum atomic E-state index is 12.7. The van der Waals surface area contributed by atoms with Gasteiger partial charge in [0.1, 0.15) is 0 Å². The first-order valence-corrected chi connectivity index (χ1v) is 9.53. The molecule has 2 aromatic carbocycles. The minimum absolute atomic E-state index is 0.107. The van der Waals surface area contributed by atoms with Crippen LogP contribution in [-0.4, -0.2) is 17.0 Å². The normalized spacial score (nSPS) is 16.0. The first-order valence-electron chi connectivity index (χ1n) is 9.53. The summed E-state index contributed by atoms with van der Waals surface area (Å²) < 4.78 is 2.10. The highest BCUT2D eigenvalue weighted by molar-refractivity contribution is 5.89. The fourth-order valence-electron chi connectivity index (χ4n) is 4.48. The molecule has 0 atom stereocenters. The van der Waals surface area contributed by atoms with Crippen molar-refractivity contribution < 1.29 is 4.79 Å². The predicted octanol–water partition coefficient (Wildman–Crippen LogP) is 4.35. The number of amides is 1. The molecule has 1 aliphatic carbocycles. The SMILES string of the molecule is Cn1cc(CC(=O)NCC2(c3ccccc3)CCCC2)c2ccccc21. The Morgan fingerprint density at radius 1 is 1.04 bits per heavy atom. The Labute approximate surface area is 155 Å². The zero-order valence-electron chi connectivity index (χ0n) is 15.4. The van der Waals surface area contributed by atoms with Crippen LogP contribution in [0.1, 0.15) is 36.8 Å². The summed E-state index contributed by atoms with van der Waals surface area (Å²) in [5.41, 5.74) is 3.74. The summed E-state index contributed by atoms with van der Waals surface area (Å²) in [6.45, 7) is 0.737. The minimum atomic E-state index is 0.107. The molecule has 3 heteroatoms. The van der Waals surface area contributed by atoms with Gasteiger partial charge >= 0.3 is 0 Å². The number of nitrogens with one attached hydrogen (secondary N) is 1. The first kappa shape index (κ1) is 16.9. The average Bonchev–Trinajstić information content (AvgIpc) is 3.28. The van der Waals surface area contributed by atoms with Crippen LogP contribution in [0, 0.1) is 0 Å². The predicted molar refractivity (Wildman–Crippen MR) is 106 cm³/mol. The molecule has 0 radical (unpaired) electrons. The van der Waals surface area contributed by atoms with E-state index in [2.05, 4.69) is 58.5 Å². The summed E-state index contributed by atoms with van der Waals surface area (Å²) in [5.74, 6) is 0.114. The number of nitrogens with zero attached hydrogens (tertiary/aromatic N) is 1. The lowest BCUT2D eigenvalue weighted by Crippen LogP contribution is -2.39. The molecule has 1 fully saturated rings. The molecule has 1 aliphatic rings. The number of hydrogen-bond acceptors (Lipinski definition) is 1. The van der Waals surface area contributed by atoms with E-state index in [0.29, 0.717) is 6.42 Å². The Morgan fingerprint density at radius 3 is 2.50 bits per heavy atom. The van der Waals surface area contributed by atoms with Crippen molar-refractivity contribution in [2.45, 2.75) is 37.5 Å². The van der Waals surface area contributed by atoms with Crippen molar-refractivity contribution in [2.24, 2.45) is 7.05 Å². The number of benzene rings is 2. The lowest BCUT2D eigenvalue weighted by atomic mass is 9.79. The minimum Gasteiger partial charge on any atom is -0.355 e. The zero-order chi connectivity index (χ0) is 18.0. The molecule has 0 bridgehead atoms. The Bertz CT molecular complexity index is 904. The van der Waals surface area contributed by atoms with Gasteiger partial charge in [0, 0.05) is 36.1 Å². The van der Waals surface area contributed by atoms with Crippen LogP contribution in [0.5, 0.6) is 0 Å². The maximum absolute atomic E-state index is 12.7. The molecule has 4 rings (SSSR count). The van der Waals surface area contributed by atoms with E-state index in [0.717, 1.165) is 24.9 Å². The smallest absolute Gasteiger partial charge is 0.224 e. The van der Waals surface area contributed by atoms with Crippen molar-refractivity contribution in [2.75, 3.05) is 6.54 Å². The summed E-state index contributed by atoms with van der Waals surface area (Å²) in [7, 11) is 2.03. The fraction of sp³-hybridized carbons (Fsp3) is 0.348. The summed E-state index contributed by atoms with van der Waals surface area (Å²) >= 11 is 0. The van der Waals surface area contributed by atoms with Gasteiger partial charge < -0.3 is 9.88 Å². The second kappa shape index (κ2) is 6.99. The van der Waals surface area contributed by atoms with Crippen LogP contribution >= 0.6 is 0 Å². The van der Waals surface area contributed by atoms with Gasteiger partial charge in [-0.25, -0.2) is 0 Å². The van der Waals surface area contributed by atoms with Crippen molar-refractivity contribution in [1.29, 1.82) is 0 Å². The standard InChI is InChI=1S/C23H26N2O/c1-25-16-18(20-11-5-6-12-21(20)25)15-22(26)24-17-23(13-7-8-14-23)19-9-3-2-4-10-19/h2-6,9-12,16H,7-8,13-15,17H2,1H3,(H,24,26). The van der Waals surface area contributed by atoms with Crippen LogP contribution in [0.2, 0.25) is 0 Å². The summed E-state index contributed by atoms with van der Waals surface area (Å²) in [5, 5.41) is 4.41. The second-order valence-corrected chi connectivity index (χ2v) is 7.59. The Morgan fingerprint density at radius 2 is 1.73 bits per heavy atom. The first-order chi connectivity index (χ1) is 12.7. The van der Waals surface area contributed by atoms with Crippen molar-refractivity contribution in [3.8, 4) is 0 Å². The number of para-hydroxylation sites is 1. The third-order valence-corrected chi connectivity index (χ3v) is 5.90. The highest BCUT2D eigenvalue weighted by Gasteiger charge is 2.35. The van der Waals surface area contributed by atoms with E-state index in [-0.39, 0.29) is 11.3 Å². The van der Waals surface area contributed by atoms with E-state index in [9.17, 15) is 4.79 Å². The van der Waals surface area contributed by atoms with E-state index in [1.807, 2.05) is 19.2 Å². The number of hydrogen-bond donors (Lipinski definition) is 1. The largest absolute Gasteiger partial charge is 0.355 e. The number of aromatic nitrogens is 1. The van der Waals surface area contributed by atoms with Gasteiger partial charge in [-0.3, -0.25) is 4.79 Å². The molecule has 3 nitrogen and oxygen atoms in total. The van der Waals surface area contributed by atoms with Crippen LogP contribution in [0.3, 0.4) is 0 Å². The van der Waals surface area contributed by atoms with Crippen LogP contribution < -0.4 is 5.32 Å². The zero-order valence-corrected chi connectivity index (χ0v) is 15.4. The van der Waals surface area contributed by atoms with Crippen molar-refractivity contribution in [3.05, 3.63) is 71.9 Å². The van der Waals surface area contributed by atoms with Crippen LogP contribution in [0.4, 0.5) is 0 Å². The van der Waals surface area contributed by atoms with Gasteiger partial charge in [-0.2, -0.15) is 0 Å². The molecule has 0 aliphatic heterocycles. The molecule has 1 N–H and O–H groups in total. The molecule has 1 heterocycles. The molecule has 0 spiro atoms. The molecular formula is C23H26N2O. The molecule has 1 saturated carbocycles. The second-order valence-electron chi connectivity index (χ2n) is 7.59. The Balaban J connectivity index is 1.48. The van der Waals surface area contributed by atoms with Gasteiger partial charge in [0.05, 0.1) is 6.42 Å². The summed E-state index contributed by atoms with van der Waals surface area (Å²) in [6.07, 6.45) is 7.32. The molecule has 134 valence electrons. The lowest BCUT2D eigenvalue weighted by Gasteiger charge is -2.30. The molecule has 1 aromatic heterocycles. The van der Waals surface area contributed by atoms with Gasteiger partial charge in [0.2, 0.25) is 5.91 Å². The van der Waals surface area contributed by atoms with Gasteiger partial charge in [0.25, 0.3) is 0 Å². The number of carbonyl (C=O) groups is 1. The topological polar surface area (TPSA) is 34.0 Å². The van der Waals surface area contributed by atoms with Gasteiger partial charge in [-0.15, -0.1) is 0 Å². The molecule has 0 saturated heterocycles. The van der Waals surface area contributed by atoms with Gasteiger partial charge in [0.15, 0.2) is 0 Å². The number of rotatable bonds is 5. The van der Waals surface area contributed by atoms with Crippen molar-refractivity contribution in [3.63, 3.8) is 0 Å². The maximum Gasteiger partial charge on any atom is 0.224 e. The van der Waals surface area contributed by atoms with Crippen molar-refractivity contribution in [1.82, 2.24) is 9.88 Å².